The molecule has 2 heterocycles. The van der Waals surface area contributed by atoms with Crippen LogP contribution in [0.2, 0.25) is 0 Å². The van der Waals surface area contributed by atoms with Crippen LogP contribution in [0.15, 0.2) is 23.1 Å². The van der Waals surface area contributed by atoms with Crippen LogP contribution in [0.1, 0.15) is 37.3 Å². The van der Waals surface area contributed by atoms with E-state index in [1.165, 1.54) is 24.2 Å². The smallest absolute Gasteiger partial charge is 0.123 e. The summed E-state index contributed by atoms with van der Waals surface area (Å²) in [5, 5.41) is 7.18. The lowest BCUT2D eigenvalue weighted by molar-refractivity contribution is 0.362. The fourth-order valence-electron chi connectivity index (χ4n) is 2.96. The topological polar surface area (TPSA) is 24.1 Å². The van der Waals surface area contributed by atoms with Crippen LogP contribution < -0.4 is 10.6 Å². The van der Waals surface area contributed by atoms with E-state index in [9.17, 15) is 4.39 Å². The quantitative estimate of drug-likeness (QED) is 0.889. The molecule has 0 radical (unpaired) electrons. The van der Waals surface area contributed by atoms with E-state index in [-0.39, 0.29) is 5.82 Å². The van der Waals surface area contributed by atoms with Crippen LogP contribution in [-0.4, -0.2) is 24.9 Å². The standard InChI is InChI=1S/C15H21FN2S/c16-11-4-5-15-13(9-11)14(6-8-19-15)18-10-12-3-1-2-7-17-12/h4-5,9,12,14,17-18H,1-3,6-8,10H2. The first-order valence-electron chi connectivity index (χ1n) is 7.22. The zero-order valence-electron chi connectivity index (χ0n) is 11.1. The van der Waals surface area contributed by atoms with E-state index in [1.807, 2.05) is 17.8 Å². The molecular weight excluding hydrogens is 259 g/mol. The Kier molecular flexibility index (Phi) is 4.41. The first-order valence-corrected chi connectivity index (χ1v) is 8.20. The van der Waals surface area contributed by atoms with Crippen molar-refractivity contribution in [2.24, 2.45) is 0 Å². The number of nitrogens with one attached hydrogen (secondary N) is 2. The Hall–Kier alpha value is -0.580. The highest BCUT2D eigenvalue weighted by atomic mass is 32.2. The van der Waals surface area contributed by atoms with E-state index in [2.05, 4.69) is 10.6 Å². The Labute approximate surface area is 118 Å². The van der Waals surface area contributed by atoms with Gasteiger partial charge in [0.2, 0.25) is 0 Å². The molecule has 0 spiro atoms. The van der Waals surface area contributed by atoms with Crippen molar-refractivity contribution in [3.8, 4) is 0 Å². The largest absolute Gasteiger partial charge is 0.313 e. The van der Waals surface area contributed by atoms with Crippen molar-refractivity contribution in [2.45, 2.75) is 42.7 Å². The van der Waals surface area contributed by atoms with Crippen LogP contribution in [0, 0.1) is 5.82 Å². The zero-order valence-corrected chi connectivity index (χ0v) is 11.9. The Bertz CT molecular complexity index is 432. The van der Waals surface area contributed by atoms with Gasteiger partial charge in [-0.05, 0) is 55.3 Å². The molecule has 0 bridgehead atoms. The van der Waals surface area contributed by atoms with Gasteiger partial charge in [0.15, 0.2) is 0 Å². The molecule has 0 amide bonds. The summed E-state index contributed by atoms with van der Waals surface area (Å²) in [7, 11) is 0. The number of piperidine rings is 1. The number of thioether (sulfide) groups is 1. The van der Waals surface area contributed by atoms with Gasteiger partial charge >= 0.3 is 0 Å². The minimum absolute atomic E-state index is 0.121. The summed E-state index contributed by atoms with van der Waals surface area (Å²) in [6.45, 7) is 2.13. The summed E-state index contributed by atoms with van der Waals surface area (Å²) in [4.78, 5) is 1.24. The average molecular weight is 280 g/mol. The minimum atomic E-state index is -0.121. The van der Waals surface area contributed by atoms with Crippen molar-refractivity contribution in [1.82, 2.24) is 10.6 Å². The van der Waals surface area contributed by atoms with E-state index in [1.54, 1.807) is 12.1 Å². The molecule has 2 unspecified atom stereocenters. The molecule has 0 aliphatic carbocycles. The third kappa shape index (κ3) is 3.30. The Morgan fingerprint density at radius 2 is 2.26 bits per heavy atom. The number of fused-ring (bicyclic) bond motifs is 1. The molecule has 0 aromatic heterocycles. The summed E-state index contributed by atoms with van der Waals surface area (Å²) in [6, 6.07) is 6.09. The highest BCUT2D eigenvalue weighted by molar-refractivity contribution is 7.99. The van der Waals surface area contributed by atoms with Gasteiger partial charge in [-0.2, -0.15) is 0 Å². The monoisotopic (exact) mass is 280 g/mol. The van der Waals surface area contributed by atoms with Crippen LogP contribution in [-0.2, 0) is 0 Å². The predicted octanol–water partition coefficient (Wildman–Crippen LogP) is 3.09. The lowest BCUT2D eigenvalue weighted by Crippen LogP contribution is -2.43. The number of halogens is 1. The van der Waals surface area contributed by atoms with E-state index < -0.39 is 0 Å². The Morgan fingerprint density at radius 1 is 1.32 bits per heavy atom. The van der Waals surface area contributed by atoms with Gasteiger partial charge in [0, 0.05) is 23.5 Å². The van der Waals surface area contributed by atoms with Crippen molar-refractivity contribution in [2.75, 3.05) is 18.8 Å². The number of benzene rings is 1. The van der Waals surface area contributed by atoms with Gasteiger partial charge in [0.25, 0.3) is 0 Å². The Morgan fingerprint density at radius 3 is 3.11 bits per heavy atom. The molecule has 19 heavy (non-hydrogen) atoms. The summed E-state index contributed by atoms with van der Waals surface area (Å²) in [6.07, 6.45) is 4.97. The van der Waals surface area contributed by atoms with Gasteiger partial charge in [0.05, 0.1) is 0 Å². The third-order valence-corrected chi connectivity index (χ3v) is 5.16. The molecule has 2 atom stereocenters. The first-order chi connectivity index (χ1) is 9.33. The zero-order chi connectivity index (χ0) is 13.1. The second-order valence-electron chi connectivity index (χ2n) is 5.43. The predicted molar refractivity (Wildman–Crippen MR) is 78.1 cm³/mol. The van der Waals surface area contributed by atoms with Crippen LogP contribution >= 0.6 is 11.8 Å². The molecule has 4 heteroatoms. The third-order valence-electron chi connectivity index (χ3n) is 4.03. The molecule has 2 aliphatic rings. The van der Waals surface area contributed by atoms with Crippen LogP contribution in [0.5, 0.6) is 0 Å². The number of hydrogen-bond donors (Lipinski definition) is 2. The molecule has 1 aromatic carbocycles. The maximum atomic E-state index is 13.4. The SMILES string of the molecule is Fc1ccc2c(c1)C(NCC1CCCCN1)CCS2. The number of hydrogen-bond acceptors (Lipinski definition) is 3. The first kappa shape index (κ1) is 13.4. The molecule has 3 rings (SSSR count). The van der Waals surface area contributed by atoms with Gasteiger partial charge in [0.1, 0.15) is 5.82 Å². The summed E-state index contributed by atoms with van der Waals surface area (Å²) in [5.41, 5.74) is 1.15. The Balaban J connectivity index is 1.64. The second-order valence-corrected chi connectivity index (χ2v) is 6.56. The molecule has 0 saturated carbocycles. The highest BCUT2D eigenvalue weighted by Crippen LogP contribution is 2.36. The lowest BCUT2D eigenvalue weighted by Gasteiger charge is -2.30. The van der Waals surface area contributed by atoms with Gasteiger partial charge in [-0.3, -0.25) is 0 Å². The molecular formula is C15H21FN2S. The molecule has 2 N–H and O–H groups in total. The van der Waals surface area contributed by atoms with Crippen molar-refractivity contribution in [1.29, 1.82) is 0 Å². The van der Waals surface area contributed by atoms with Crippen molar-refractivity contribution >= 4 is 11.8 Å². The summed E-state index contributed by atoms with van der Waals surface area (Å²) in [5.74, 6) is 0.998. The fourth-order valence-corrected chi connectivity index (χ4v) is 4.07. The minimum Gasteiger partial charge on any atom is -0.313 e. The number of rotatable bonds is 3. The van der Waals surface area contributed by atoms with Crippen molar-refractivity contribution in [3.63, 3.8) is 0 Å². The average Bonchev–Trinajstić information content (AvgIpc) is 2.46. The molecule has 1 fully saturated rings. The van der Waals surface area contributed by atoms with Gasteiger partial charge < -0.3 is 10.6 Å². The van der Waals surface area contributed by atoms with E-state index in [4.69, 9.17) is 0 Å². The maximum Gasteiger partial charge on any atom is 0.123 e. The normalized spacial score (nSPS) is 27.0. The van der Waals surface area contributed by atoms with Crippen molar-refractivity contribution < 1.29 is 4.39 Å². The van der Waals surface area contributed by atoms with E-state index in [0.717, 1.165) is 30.8 Å². The van der Waals surface area contributed by atoms with E-state index in [0.29, 0.717) is 12.1 Å². The molecule has 104 valence electrons. The van der Waals surface area contributed by atoms with Gasteiger partial charge in [-0.15, -0.1) is 11.8 Å². The molecule has 1 saturated heterocycles. The van der Waals surface area contributed by atoms with Crippen LogP contribution in [0.25, 0.3) is 0 Å². The second kappa shape index (κ2) is 6.25. The van der Waals surface area contributed by atoms with Gasteiger partial charge in [-0.1, -0.05) is 6.42 Å². The van der Waals surface area contributed by atoms with E-state index >= 15 is 0 Å². The molecule has 2 aliphatic heterocycles. The summed E-state index contributed by atoms with van der Waals surface area (Å²) < 4.78 is 13.4. The van der Waals surface area contributed by atoms with Crippen molar-refractivity contribution in [3.05, 3.63) is 29.6 Å². The van der Waals surface area contributed by atoms with Gasteiger partial charge in [-0.25, -0.2) is 4.39 Å². The lowest BCUT2D eigenvalue weighted by atomic mass is 10.0. The molecule has 1 aromatic rings. The maximum absolute atomic E-state index is 13.4. The fraction of sp³-hybridized carbons (Fsp3) is 0.600. The van der Waals surface area contributed by atoms with Crippen LogP contribution in [0.3, 0.4) is 0 Å². The highest BCUT2D eigenvalue weighted by Gasteiger charge is 2.22. The molecule has 2 nitrogen and oxygen atoms in total. The van der Waals surface area contributed by atoms with Crippen LogP contribution in [0.4, 0.5) is 4.39 Å². The summed E-state index contributed by atoms with van der Waals surface area (Å²) >= 11 is 1.84.